The Morgan fingerprint density at radius 1 is 1.18 bits per heavy atom. The number of halogens is 2. The summed E-state index contributed by atoms with van der Waals surface area (Å²) >= 11 is 5.79. The second-order valence-electron chi connectivity index (χ2n) is 5.40. The zero-order chi connectivity index (χ0) is 15.2. The van der Waals surface area contributed by atoms with Gasteiger partial charge in [0.15, 0.2) is 5.78 Å². The van der Waals surface area contributed by atoms with Gasteiger partial charge < -0.3 is 10.6 Å². The third-order valence-corrected chi connectivity index (χ3v) is 4.20. The van der Waals surface area contributed by atoms with Crippen LogP contribution in [-0.2, 0) is 4.79 Å². The molecule has 2 N–H and O–H groups in total. The van der Waals surface area contributed by atoms with E-state index in [0.717, 1.165) is 25.8 Å². The second kappa shape index (κ2) is 9.13. The number of carbonyl (C=O) groups excluding carboxylic acids is 2. The number of Topliss-reactive ketones (excluding diaryl/α,β-unsaturated/α-hetero) is 1. The van der Waals surface area contributed by atoms with E-state index in [2.05, 4.69) is 0 Å². The van der Waals surface area contributed by atoms with E-state index in [1.807, 2.05) is 4.90 Å². The van der Waals surface area contributed by atoms with Crippen molar-refractivity contribution in [2.24, 2.45) is 5.73 Å². The number of amides is 1. The fraction of sp³-hybridized carbons (Fsp3) is 0.500. The molecule has 0 aliphatic carbocycles. The number of nitrogens with two attached hydrogens (primary N) is 1. The second-order valence-corrected chi connectivity index (χ2v) is 5.84. The maximum absolute atomic E-state index is 12.3. The van der Waals surface area contributed by atoms with Gasteiger partial charge in [-0.2, -0.15) is 0 Å². The number of hydrogen-bond donors (Lipinski definition) is 1. The van der Waals surface area contributed by atoms with Gasteiger partial charge in [0, 0.05) is 42.6 Å². The van der Waals surface area contributed by atoms with Gasteiger partial charge in [-0.1, -0.05) is 11.6 Å². The molecule has 1 saturated heterocycles. The van der Waals surface area contributed by atoms with Crippen LogP contribution in [0.4, 0.5) is 0 Å². The molecule has 1 unspecified atom stereocenters. The van der Waals surface area contributed by atoms with Crippen molar-refractivity contribution in [2.75, 3.05) is 13.1 Å². The van der Waals surface area contributed by atoms with E-state index < -0.39 is 0 Å². The lowest BCUT2D eigenvalue weighted by Gasteiger charge is -2.35. The van der Waals surface area contributed by atoms with Crippen LogP contribution in [0.25, 0.3) is 0 Å². The van der Waals surface area contributed by atoms with Crippen LogP contribution in [0.5, 0.6) is 0 Å². The number of likely N-dealkylation sites (tertiary alicyclic amines) is 1. The monoisotopic (exact) mass is 344 g/mol. The highest BCUT2D eigenvalue weighted by Crippen LogP contribution is 2.18. The van der Waals surface area contributed by atoms with E-state index in [1.54, 1.807) is 24.3 Å². The summed E-state index contributed by atoms with van der Waals surface area (Å²) in [6.45, 7) is 1.26. The quantitative estimate of drug-likeness (QED) is 0.835. The Morgan fingerprint density at radius 3 is 2.50 bits per heavy atom. The molecule has 1 aliphatic heterocycles. The first-order valence-corrected chi connectivity index (χ1v) is 7.78. The summed E-state index contributed by atoms with van der Waals surface area (Å²) in [5, 5.41) is 0.599. The highest BCUT2D eigenvalue weighted by molar-refractivity contribution is 6.30. The molecule has 1 aromatic carbocycles. The summed E-state index contributed by atoms with van der Waals surface area (Å²) in [5.41, 5.74) is 6.32. The van der Waals surface area contributed by atoms with Gasteiger partial charge in [0.05, 0.1) is 0 Å². The number of ketones is 1. The summed E-state index contributed by atoms with van der Waals surface area (Å²) in [7, 11) is 0. The van der Waals surface area contributed by atoms with Crippen LogP contribution >= 0.6 is 24.0 Å². The first-order valence-electron chi connectivity index (χ1n) is 7.40. The van der Waals surface area contributed by atoms with Crippen molar-refractivity contribution in [1.82, 2.24) is 4.90 Å². The Labute approximate surface area is 142 Å². The molecular weight excluding hydrogens is 323 g/mol. The van der Waals surface area contributed by atoms with E-state index in [4.69, 9.17) is 17.3 Å². The minimum atomic E-state index is -0.0266. The van der Waals surface area contributed by atoms with Crippen molar-refractivity contribution in [3.05, 3.63) is 34.9 Å². The molecule has 4 nitrogen and oxygen atoms in total. The van der Waals surface area contributed by atoms with Gasteiger partial charge in [-0.25, -0.2) is 0 Å². The number of benzene rings is 1. The van der Waals surface area contributed by atoms with Crippen LogP contribution in [0, 0.1) is 0 Å². The van der Waals surface area contributed by atoms with Gasteiger partial charge in [0.1, 0.15) is 0 Å². The zero-order valence-corrected chi connectivity index (χ0v) is 14.0. The Bertz CT molecular complexity index is 505. The van der Waals surface area contributed by atoms with E-state index in [0.29, 0.717) is 17.1 Å². The molecule has 1 fully saturated rings. The summed E-state index contributed by atoms with van der Waals surface area (Å²) in [6, 6.07) is 6.89. The standard InChI is InChI=1S/C16H21ClN2O2.ClH/c17-13-6-4-12(5-7-13)15(20)8-9-16(21)19-10-2-1-3-14(19)11-18;/h4-7,14H,1-3,8-11,18H2;1H. The highest BCUT2D eigenvalue weighted by atomic mass is 35.5. The molecule has 0 saturated carbocycles. The maximum atomic E-state index is 12.3. The third kappa shape index (κ3) is 4.97. The lowest BCUT2D eigenvalue weighted by molar-refractivity contribution is -0.134. The Kier molecular flexibility index (Phi) is 7.87. The molecule has 1 atom stereocenters. The van der Waals surface area contributed by atoms with Crippen molar-refractivity contribution in [2.45, 2.75) is 38.1 Å². The molecule has 22 heavy (non-hydrogen) atoms. The van der Waals surface area contributed by atoms with Crippen LogP contribution in [0.15, 0.2) is 24.3 Å². The fourth-order valence-electron chi connectivity index (χ4n) is 2.72. The molecular formula is C16H22Cl2N2O2. The molecule has 1 amide bonds. The summed E-state index contributed by atoms with van der Waals surface area (Å²) in [4.78, 5) is 26.2. The average molecular weight is 345 g/mol. The maximum Gasteiger partial charge on any atom is 0.223 e. The smallest absolute Gasteiger partial charge is 0.223 e. The summed E-state index contributed by atoms with van der Waals surface area (Å²) < 4.78 is 0. The van der Waals surface area contributed by atoms with Gasteiger partial charge >= 0.3 is 0 Å². The average Bonchev–Trinajstić information content (AvgIpc) is 2.52. The number of carbonyl (C=O) groups is 2. The molecule has 6 heteroatoms. The highest BCUT2D eigenvalue weighted by Gasteiger charge is 2.25. The Balaban J connectivity index is 0.00000242. The minimum absolute atomic E-state index is 0. The molecule has 122 valence electrons. The van der Waals surface area contributed by atoms with Crippen LogP contribution in [0.1, 0.15) is 42.5 Å². The molecule has 1 aromatic rings. The molecule has 1 aliphatic rings. The number of nitrogens with zero attached hydrogens (tertiary/aromatic N) is 1. The lowest BCUT2D eigenvalue weighted by atomic mass is 10.0. The van der Waals surface area contributed by atoms with E-state index in [-0.39, 0.29) is 43.0 Å². The van der Waals surface area contributed by atoms with Crippen LogP contribution in [-0.4, -0.2) is 35.7 Å². The van der Waals surface area contributed by atoms with Crippen molar-refractivity contribution in [3.63, 3.8) is 0 Å². The van der Waals surface area contributed by atoms with Gasteiger partial charge in [-0.3, -0.25) is 9.59 Å². The van der Waals surface area contributed by atoms with Crippen LogP contribution in [0.2, 0.25) is 5.02 Å². The molecule has 0 aromatic heterocycles. The van der Waals surface area contributed by atoms with E-state index in [9.17, 15) is 9.59 Å². The number of rotatable bonds is 5. The Morgan fingerprint density at radius 2 is 1.86 bits per heavy atom. The topological polar surface area (TPSA) is 63.4 Å². The first-order chi connectivity index (χ1) is 10.1. The SMILES string of the molecule is Cl.NCC1CCCCN1C(=O)CCC(=O)c1ccc(Cl)cc1. The lowest BCUT2D eigenvalue weighted by Crippen LogP contribution is -2.47. The molecule has 0 radical (unpaired) electrons. The van der Waals surface area contributed by atoms with Gasteiger partial charge in [0.2, 0.25) is 5.91 Å². The van der Waals surface area contributed by atoms with Crippen molar-refractivity contribution in [3.8, 4) is 0 Å². The fourth-order valence-corrected chi connectivity index (χ4v) is 2.84. The van der Waals surface area contributed by atoms with Gasteiger partial charge in [-0.15, -0.1) is 12.4 Å². The van der Waals surface area contributed by atoms with Gasteiger partial charge in [-0.05, 0) is 43.5 Å². The largest absolute Gasteiger partial charge is 0.338 e. The minimum Gasteiger partial charge on any atom is -0.338 e. The molecule has 0 bridgehead atoms. The van der Waals surface area contributed by atoms with Crippen LogP contribution in [0.3, 0.4) is 0 Å². The van der Waals surface area contributed by atoms with E-state index >= 15 is 0 Å². The molecule has 2 rings (SSSR count). The molecule has 1 heterocycles. The van der Waals surface area contributed by atoms with Crippen LogP contribution < -0.4 is 5.73 Å². The number of hydrogen-bond acceptors (Lipinski definition) is 3. The number of piperidine rings is 1. The van der Waals surface area contributed by atoms with Crippen molar-refractivity contribution >= 4 is 35.7 Å². The van der Waals surface area contributed by atoms with Crippen molar-refractivity contribution in [1.29, 1.82) is 0 Å². The van der Waals surface area contributed by atoms with Gasteiger partial charge in [0.25, 0.3) is 0 Å². The molecule has 0 spiro atoms. The summed E-state index contributed by atoms with van der Waals surface area (Å²) in [5.74, 6) is 0.00814. The predicted octanol–water partition coefficient (Wildman–Crippen LogP) is 3.06. The summed E-state index contributed by atoms with van der Waals surface area (Å²) in [6.07, 6.45) is 3.59. The normalized spacial score (nSPS) is 17.7. The third-order valence-electron chi connectivity index (χ3n) is 3.95. The zero-order valence-electron chi connectivity index (χ0n) is 12.5. The first kappa shape index (κ1) is 18.9. The predicted molar refractivity (Wildman–Crippen MR) is 90.7 cm³/mol. The van der Waals surface area contributed by atoms with Crippen molar-refractivity contribution < 1.29 is 9.59 Å². The Hall–Kier alpha value is -1.10. The van der Waals surface area contributed by atoms with E-state index in [1.165, 1.54) is 0 Å².